The first kappa shape index (κ1) is 22.4. The third-order valence-electron chi connectivity index (χ3n) is 4.42. The van der Waals surface area contributed by atoms with E-state index in [-0.39, 0.29) is 30.3 Å². The summed E-state index contributed by atoms with van der Waals surface area (Å²) in [4.78, 5) is 12.8. The molecule has 2 heterocycles. The van der Waals surface area contributed by atoms with Gasteiger partial charge >= 0.3 is 0 Å². The normalized spacial score (nSPS) is 18.2. The van der Waals surface area contributed by atoms with Crippen LogP contribution in [0.25, 0.3) is 0 Å². The van der Waals surface area contributed by atoms with E-state index < -0.39 is 10.0 Å². The smallest absolute Gasteiger partial charge is 0.252 e. The van der Waals surface area contributed by atoms with E-state index in [9.17, 15) is 13.2 Å². The molecule has 1 saturated heterocycles. The molecule has 1 aromatic rings. The second kappa shape index (κ2) is 9.87. The predicted octanol–water partition coefficient (Wildman–Crippen LogP) is 1.99. The van der Waals surface area contributed by atoms with E-state index in [1.54, 1.807) is 24.2 Å². The van der Waals surface area contributed by atoms with Crippen LogP contribution in [0.3, 0.4) is 0 Å². The van der Waals surface area contributed by atoms with E-state index in [4.69, 9.17) is 5.73 Å². The number of rotatable bonds is 7. The molecule has 9 heteroatoms. The van der Waals surface area contributed by atoms with Crippen molar-refractivity contribution in [3.05, 3.63) is 17.0 Å². The lowest BCUT2D eigenvalue weighted by Crippen LogP contribution is -2.39. The summed E-state index contributed by atoms with van der Waals surface area (Å²) >= 11 is 1.29. The van der Waals surface area contributed by atoms with E-state index in [0.717, 1.165) is 24.1 Å². The van der Waals surface area contributed by atoms with E-state index >= 15 is 0 Å². The average Bonchev–Trinajstić information content (AvgIpc) is 3.04. The molecule has 0 bridgehead atoms. The van der Waals surface area contributed by atoms with Crippen molar-refractivity contribution in [2.75, 3.05) is 19.6 Å². The van der Waals surface area contributed by atoms with Crippen LogP contribution in [0.15, 0.2) is 16.3 Å². The zero-order chi connectivity index (χ0) is 17.7. The summed E-state index contributed by atoms with van der Waals surface area (Å²) in [5.41, 5.74) is 5.71. The molecule has 1 aromatic heterocycles. The Morgan fingerprint density at radius 1 is 1.28 bits per heavy atom. The summed E-state index contributed by atoms with van der Waals surface area (Å²) in [6, 6.07) is 3.33. The van der Waals surface area contributed by atoms with Crippen molar-refractivity contribution in [3.8, 4) is 0 Å². The van der Waals surface area contributed by atoms with Gasteiger partial charge in [-0.3, -0.25) is 4.79 Å². The number of piperidine rings is 1. The van der Waals surface area contributed by atoms with Gasteiger partial charge in [-0.2, -0.15) is 4.31 Å². The summed E-state index contributed by atoms with van der Waals surface area (Å²) in [5.74, 6) is -0.300. The Labute approximate surface area is 160 Å². The summed E-state index contributed by atoms with van der Waals surface area (Å²) in [5, 5.41) is 2.85. The van der Waals surface area contributed by atoms with E-state index in [1.807, 2.05) is 6.07 Å². The zero-order valence-electron chi connectivity index (χ0n) is 14.7. The summed E-state index contributed by atoms with van der Waals surface area (Å²) in [6.45, 7) is 5.32. The molecule has 1 fully saturated rings. The predicted molar refractivity (Wildman–Crippen MR) is 104 cm³/mol. The first-order valence-electron chi connectivity index (χ1n) is 8.44. The van der Waals surface area contributed by atoms with E-state index in [0.29, 0.717) is 30.3 Å². The standard InChI is InChI=1S/C16H27N3O3S2.ClH/c1-12(13(2)17)16(20)18-9-8-14-6-7-15(23-14)24(21,22)19-10-4-3-5-11-19;/h6-7,12-13H,3-5,8-11,17H2,1-2H3,(H,18,20);1H. The Morgan fingerprint density at radius 3 is 2.52 bits per heavy atom. The number of carbonyl (C=O) groups is 1. The van der Waals surface area contributed by atoms with Crippen molar-refractivity contribution >= 4 is 39.7 Å². The van der Waals surface area contributed by atoms with Gasteiger partial charge < -0.3 is 11.1 Å². The second-order valence-electron chi connectivity index (χ2n) is 6.37. The number of nitrogens with zero attached hydrogens (tertiary/aromatic N) is 1. The number of thiophene rings is 1. The highest BCUT2D eigenvalue weighted by Crippen LogP contribution is 2.27. The fourth-order valence-electron chi connectivity index (χ4n) is 2.57. The number of nitrogens with one attached hydrogen (secondary N) is 1. The average molecular weight is 410 g/mol. The lowest BCUT2D eigenvalue weighted by Gasteiger charge is -2.25. The SMILES string of the molecule is CC(N)C(C)C(=O)NCCc1ccc(S(=O)(=O)N2CCCCC2)s1.Cl. The van der Waals surface area contributed by atoms with Crippen LogP contribution in [0.5, 0.6) is 0 Å². The molecule has 3 N–H and O–H groups in total. The molecule has 2 rings (SSSR count). The van der Waals surface area contributed by atoms with Crippen molar-refractivity contribution in [2.24, 2.45) is 11.7 Å². The van der Waals surface area contributed by atoms with Crippen LogP contribution >= 0.6 is 23.7 Å². The largest absolute Gasteiger partial charge is 0.355 e. The van der Waals surface area contributed by atoms with Crippen LogP contribution in [-0.4, -0.2) is 44.3 Å². The van der Waals surface area contributed by atoms with Crippen LogP contribution in [0.2, 0.25) is 0 Å². The van der Waals surface area contributed by atoms with Crippen molar-refractivity contribution in [3.63, 3.8) is 0 Å². The highest BCUT2D eigenvalue weighted by atomic mass is 35.5. The van der Waals surface area contributed by atoms with E-state index in [1.165, 1.54) is 11.3 Å². The highest BCUT2D eigenvalue weighted by Gasteiger charge is 2.27. The van der Waals surface area contributed by atoms with Gasteiger partial charge in [-0.25, -0.2) is 8.42 Å². The van der Waals surface area contributed by atoms with E-state index in [2.05, 4.69) is 5.32 Å². The Kier molecular flexibility index (Phi) is 8.83. The first-order valence-corrected chi connectivity index (χ1v) is 10.7. The van der Waals surface area contributed by atoms with Gasteiger partial charge in [0, 0.05) is 36.5 Å². The van der Waals surface area contributed by atoms with Crippen molar-refractivity contribution in [1.29, 1.82) is 0 Å². The van der Waals surface area contributed by atoms with Gasteiger partial charge in [0.1, 0.15) is 4.21 Å². The van der Waals surface area contributed by atoms with Crippen LogP contribution in [-0.2, 0) is 21.2 Å². The molecule has 1 aliphatic rings. The van der Waals surface area contributed by atoms with Crippen LogP contribution in [0.1, 0.15) is 38.0 Å². The summed E-state index contributed by atoms with van der Waals surface area (Å²) in [7, 11) is -3.36. The van der Waals surface area contributed by atoms with Gasteiger partial charge in [-0.05, 0) is 38.3 Å². The van der Waals surface area contributed by atoms with Crippen LogP contribution in [0.4, 0.5) is 0 Å². The molecule has 1 amide bonds. The monoisotopic (exact) mass is 409 g/mol. The molecular formula is C16H28ClN3O3S2. The topological polar surface area (TPSA) is 92.5 Å². The molecule has 144 valence electrons. The number of sulfonamides is 1. The molecule has 6 nitrogen and oxygen atoms in total. The fourth-order valence-corrected chi connectivity index (χ4v) is 5.60. The Balaban J connectivity index is 0.00000312. The molecule has 2 atom stereocenters. The number of carbonyl (C=O) groups excluding carboxylic acids is 1. The van der Waals surface area contributed by atoms with Gasteiger partial charge in [-0.1, -0.05) is 13.3 Å². The maximum absolute atomic E-state index is 12.6. The minimum atomic E-state index is -3.36. The van der Waals surface area contributed by atoms with Crippen LogP contribution < -0.4 is 11.1 Å². The van der Waals surface area contributed by atoms with Gasteiger partial charge in [-0.15, -0.1) is 23.7 Å². The quantitative estimate of drug-likeness (QED) is 0.720. The summed E-state index contributed by atoms with van der Waals surface area (Å²) < 4.78 is 27.2. The zero-order valence-corrected chi connectivity index (χ0v) is 17.2. The first-order chi connectivity index (χ1) is 11.3. The molecule has 0 aromatic carbocycles. The van der Waals surface area contributed by atoms with Gasteiger partial charge in [0.15, 0.2) is 0 Å². The lowest BCUT2D eigenvalue weighted by atomic mass is 10.0. The van der Waals surface area contributed by atoms with Crippen molar-refractivity contribution in [2.45, 2.75) is 49.8 Å². The number of amides is 1. The molecule has 1 aliphatic heterocycles. The third kappa shape index (κ3) is 5.92. The van der Waals surface area contributed by atoms with Gasteiger partial charge in [0.05, 0.1) is 0 Å². The van der Waals surface area contributed by atoms with Crippen molar-refractivity contribution < 1.29 is 13.2 Å². The molecule has 25 heavy (non-hydrogen) atoms. The summed E-state index contributed by atoms with van der Waals surface area (Å²) in [6.07, 6.45) is 3.58. The molecule has 0 spiro atoms. The van der Waals surface area contributed by atoms with Crippen LogP contribution in [0, 0.1) is 5.92 Å². The highest BCUT2D eigenvalue weighted by molar-refractivity contribution is 7.91. The molecule has 0 aliphatic carbocycles. The van der Waals surface area contributed by atoms with Gasteiger partial charge in [0.2, 0.25) is 5.91 Å². The Morgan fingerprint density at radius 2 is 1.92 bits per heavy atom. The minimum Gasteiger partial charge on any atom is -0.355 e. The van der Waals surface area contributed by atoms with Crippen molar-refractivity contribution in [1.82, 2.24) is 9.62 Å². The number of nitrogens with two attached hydrogens (primary N) is 1. The Bertz CT molecular complexity index is 655. The van der Waals surface area contributed by atoms with Gasteiger partial charge in [0.25, 0.3) is 10.0 Å². The Hall–Kier alpha value is -0.670. The second-order valence-corrected chi connectivity index (χ2v) is 9.71. The maximum Gasteiger partial charge on any atom is 0.252 e. The number of halogens is 1. The lowest BCUT2D eigenvalue weighted by molar-refractivity contribution is -0.124. The maximum atomic E-state index is 12.6. The molecule has 2 unspecified atom stereocenters. The number of hydrogen-bond donors (Lipinski definition) is 2. The minimum absolute atomic E-state index is 0. The fraction of sp³-hybridized carbons (Fsp3) is 0.688. The molecule has 0 saturated carbocycles. The molecular weight excluding hydrogens is 382 g/mol. The number of hydrogen-bond acceptors (Lipinski definition) is 5. The third-order valence-corrected chi connectivity index (χ3v) is 7.93. The molecule has 0 radical (unpaired) electrons.